The number of esters is 1. The lowest BCUT2D eigenvalue weighted by molar-refractivity contribution is -0.150. The zero-order valence-corrected chi connectivity index (χ0v) is 10.5. The van der Waals surface area contributed by atoms with Crippen molar-refractivity contribution in [3.8, 4) is 0 Å². The molecular weight excluding hydrogens is 202 g/mol. The maximum absolute atomic E-state index is 12.1. The molecule has 3 nitrogen and oxygen atoms in total. The Morgan fingerprint density at radius 2 is 2.19 bits per heavy atom. The van der Waals surface area contributed by atoms with Crippen LogP contribution in [-0.2, 0) is 9.53 Å². The van der Waals surface area contributed by atoms with E-state index in [1.54, 1.807) is 0 Å². The van der Waals surface area contributed by atoms with Crippen molar-refractivity contribution in [1.82, 2.24) is 0 Å². The summed E-state index contributed by atoms with van der Waals surface area (Å²) in [7, 11) is 1.48. The first kappa shape index (κ1) is 11.6. The minimum atomic E-state index is -0.450. The van der Waals surface area contributed by atoms with E-state index in [1.165, 1.54) is 20.0 Å². The van der Waals surface area contributed by atoms with Crippen molar-refractivity contribution in [2.75, 3.05) is 7.11 Å². The van der Waals surface area contributed by atoms with Gasteiger partial charge in [-0.1, -0.05) is 19.8 Å². The fraction of sp³-hybridized carbons (Fsp3) is 0.846. The van der Waals surface area contributed by atoms with E-state index >= 15 is 0 Å². The fourth-order valence-electron chi connectivity index (χ4n) is 3.43. The van der Waals surface area contributed by atoms with E-state index in [4.69, 9.17) is 9.73 Å². The molecule has 2 rings (SSSR count). The van der Waals surface area contributed by atoms with Gasteiger partial charge in [0, 0.05) is 11.6 Å². The normalized spacial score (nSPS) is 37.8. The van der Waals surface area contributed by atoms with E-state index < -0.39 is 5.41 Å². The maximum atomic E-state index is 12.1. The highest BCUT2D eigenvalue weighted by Crippen LogP contribution is 2.47. The van der Waals surface area contributed by atoms with Gasteiger partial charge in [0.1, 0.15) is 5.41 Å². The molecular formula is C13H21NO2. The van der Waals surface area contributed by atoms with Crippen LogP contribution in [-0.4, -0.2) is 24.8 Å². The minimum absolute atomic E-state index is 0.0949. The molecule has 0 saturated heterocycles. The molecule has 1 aliphatic heterocycles. The standard InChI is InChI=1S/C13H21NO2/c1-4-11-13(2,12(15)16-3)9-7-5-6-8-10(9)14-11/h9-10H,4-8H2,1-3H3/t9?,10?,13-/m0/s1. The smallest absolute Gasteiger partial charge is 0.317 e. The van der Waals surface area contributed by atoms with Crippen molar-refractivity contribution >= 4 is 11.7 Å². The summed E-state index contributed by atoms with van der Waals surface area (Å²) in [6.45, 7) is 4.11. The van der Waals surface area contributed by atoms with Gasteiger partial charge in [0.2, 0.25) is 0 Å². The molecule has 1 heterocycles. The molecule has 3 atom stereocenters. The van der Waals surface area contributed by atoms with Crippen LogP contribution < -0.4 is 0 Å². The van der Waals surface area contributed by atoms with Crippen LogP contribution in [0.2, 0.25) is 0 Å². The Bertz CT molecular complexity index is 324. The Hall–Kier alpha value is -0.860. The van der Waals surface area contributed by atoms with Crippen molar-refractivity contribution in [3.05, 3.63) is 0 Å². The molecule has 0 aromatic rings. The predicted octanol–water partition coefficient (Wildman–Crippen LogP) is 2.59. The number of methoxy groups -OCH3 is 1. The van der Waals surface area contributed by atoms with Crippen LogP contribution in [0.3, 0.4) is 0 Å². The van der Waals surface area contributed by atoms with E-state index in [1.807, 2.05) is 6.92 Å². The Labute approximate surface area is 97.3 Å². The fourth-order valence-corrected chi connectivity index (χ4v) is 3.43. The Morgan fingerprint density at radius 3 is 2.81 bits per heavy atom. The molecule has 0 amide bonds. The summed E-state index contributed by atoms with van der Waals surface area (Å²) in [6, 6.07) is 0.368. The van der Waals surface area contributed by atoms with Crippen LogP contribution in [0.4, 0.5) is 0 Å². The van der Waals surface area contributed by atoms with Gasteiger partial charge in [-0.2, -0.15) is 0 Å². The summed E-state index contributed by atoms with van der Waals surface area (Å²) in [6.07, 6.45) is 5.59. The molecule has 1 saturated carbocycles. The summed E-state index contributed by atoms with van der Waals surface area (Å²) in [4.78, 5) is 16.8. The lowest BCUT2D eigenvalue weighted by Crippen LogP contribution is -2.43. The summed E-state index contributed by atoms with van der Waals surface area (Å²) in [5, 5.41) is 0. The number of ether oxygens (including phenoxy) is 1. The van der Waals surface area contributed by atoms with Crippen LogP contribution >= 0.6 is 0 Å². The first-order valence-electron chi connectivity index (χ1n) is 6.30. The molecule has 3 heteroatoms. The number of carbonyl (C=O) groups is 1. The molecule has 0 aromatic carbocycles. The lowest BCUT2D eigenvalue weighted by Gasteiger charge is -2.34. The number of fused-ring (bicyclic) bond motifs is 1. The van der Waals surface area contributed by atoms with Crippen molar-refractivity contribution in [3.63, 3.8) is 0 Å². The third-order valence-electron chi connectivity index (χ3n) is 4.34. The molecule has 16 heavy (non-hydrogen) atoms. The Balaban J connectivity index is 2.34. The molecule has 2 unspecified atom stereocenters. The summed E-state index contributed by atoms with van der Waals surface area (Å²) in [5.74, 6) is 0.283. The van der Waals surface area contributed by atoms with E-state index in [9.17, 15) is 4.79 Å². The molecule has 0 N–H and O–H groups in total. The molecule has 2 aliphatic rings. The van der Waals surface area contributed by atoms with E-state index in [2.05, 4.69) is 6.92 Å². The van der Waals surface area contributed by atoms with Gasteiger partial charge in [-0.05, 0) is 26.2 Å². The number of aliphatic imine (C=N–C) groups is 1. The second-order valence-corrected chi connectivity index (χ2v) is 5.08. The minimum Gasteiger partial charge on any atom is -0.468 e. The largest absolute Gasteiger partial charge is 0.468 e. The topological polar surface area (TPSA) is 38.7 Å². The molecule has 0 bridgehead atoms. The highest BCUT2D eigenvalue weighted by Gasteiger charge is 2.53. The van der Waals surface area contributed by atoms with E-state index in [0.717, 1.165) is 25.0 Å². The van der Waals surface area contributed by atoms with Crippen molar-refractivity contribution in [1.29, 1.82) is 0 Å². The monoisotopic (exact) mass is 223 g/mol. The molecule has 0 spiro atoms. The number of hydrogen-bond donors (Lipinski definition) is 0. The van der Waals surface area contributed by atoms with Gasteiger partial charge in [-0.25, -0.2) is 0 Å². The van der Waals surface area contributed by atoms with Crippen molar-refractivity contribution < 1.29 is 9.53 Å². The van der Waals surface area contributed by atoms with Gasteiger partial charge >= 0.3 is 5.97 Å². The summed E-state index contributed by atoms with van der Waals surface area (Å²) in [5.41, 5.74) is 0.602. The van der Waals surface area contributed by atoms with Gasteiger partial charge < -0.3 is 4.74 Å². The van der Waals surface area contributed by atoms with Crippen molar-refractivity contribution in [2.45, 2.75) is 52.0 Å². The third-order valence-corrected chi connectivity index (χ3v) is 4.34. The zero-order chi connectivity index (χ0) is 11.8. The van der Waals surface area contributed by atoms with E-state index in [-0.39, 0.29) is 5.97 Å². The van der Waals surface area contributed by atoms with Gasteiger partial charge in [0.05, 0.1) is 13.2 Å². The molecule has 0 aromatic heterocycles. The first-order chi connectivity index (χ1) is 7.64. The van der Waals surface area contributed by atoms with Gasteiger partial charge in [-0.15, -0.1) is 0 Å². The molecule has 90 valence electrons. The Kier molecular flexibility index (Phi) is 3.04. The number of nitrogens with zero attached hydrogens (tertiary/aromatic N) is 1. The highest BCUT2D eigenvalue weighted by molar-refractivity contribution is 6.08. The summed E-state index contributed by atoms with van der Waals surface area (Å²) < 4.78 is 5.00. The van der Waals surface area contributed by atoms with Gasteiger partial charge in [0.25, 0.3) is 0 Å². The van der Waals surface area contributed by atoms with Crippen molar-refractivity contribution in [2.24, 2.45) is 16.3 Å². The zero-order valence-electron chi connectivity index (χ0n) is 10.5. The summed E-state index contributed by atoms with van der Waals surface area (Å²) >= 11 is 0. The van der Waals surface area contributed by atoms with Crippen LogP contribution in [0.1, 0.15) is 46.0 Å². The highest BCUT2D eigenvalue weighted by atomic mass is 16.5. The van der Waals surface area contributed by atoms with Crippen LogP contribution in [0.15, 0.2) is 4.99 Å². The van der Waals surface area contributed by atoms with Crippen LogP contribution in [0.5, 0.6) is 0 Å². The maximum Gasteiger partial charge on any atom is 0.317 e. The average molecular weight is 223 g/mol. The first-order valence-corrected chi connectivity index (χ1v) is 6.30. The van der Waals surface area contributed by atoms with Crippen LogP contribution in [0, 0.1) is 11.3 Å². The number of rotatable bonds is 2. The quantitative estimate of drug-likeness (QED) is 0.675. The molecule has 0 radical (unpaired) electrons. The lowest BCUT2D eigenvalue weighted by atomic mass is 9.67. The second kappa shape index (κ2) is 4.19. The predicted molar refractivity (Wildman–Crippen MR) is 63.6 cm³/mol. The molecule has 1 fully saturated rings. The number of hydrogen-bond acceptors (Lipinski definition) is 3. The van der Waals surface area contributed by atoms with Gasteiger partial charge in [0.15, 0.2) is 0 Å². The van der Waals surface area contributed by atoms with Crippen LogP contribution in [0.25, 0.3) is 0 Å². The molecule has 1 aliphatic carbocycles. The number of carbonyl (C=O) groups excluding carboxylic acids is 1. The Morgan fingerprint density at radius 1 is 1.50 bits per heavy atom. The third kappa shape index (κ3) is 1.48. The van der Waals surface area contributed by atoms with E-state index in [0.29, 0.717) is 12.0 Å². The second-order valence-electron chi connectivity index (χ2n) is 5.08. The SMILES string of the molecule is CCC1=NC2CCCCC2[C@]1(C)C(=O)OC. The van der Waals surface area contributed by atoms with Gasteiger partial charge in [-0.3, -0.25) is 9.79 Å². The average Bonchev–Trinajstić information content (AvgIpc) is 2.63.